The molecule has 2 N–H and O–H groups in total. The lowest BCUT2D eigenvalue weighted by Gasteiger charge is -2.15. The smallest absolute Gasteiger partial charge is 0.306 e. The first-order chi connectivity index (χ1) is 8.99. The zero-order chi connectivity index (χ0) is 14.4. The Hall–Kier alpha value is -1.84. The van der Waals surface area contributed by atoms with Crippen molar-refractivity contribution in [1.29, 1.82) is 0 Å². The summed E-state index contributed by atoms with van der Waals surface area (Å²) in [4.78, 5) is 22.6. The third-order valence-electron chi connectivity index (χ3n) is 3.18. The summed E-state index contributed by atoms with van der Waals surface area (Å²) in [5.74, 6) is -1.86. The van der Waals surface area contributed by atoms with E-state index in [1.165, 1.54) is 6.92 Å². The Morgan fingerprint density at radius 3 is 2.16 bits per heavy atom. The van der Waals surface area contributed by atoms with Gasteiger partial charge in [0, 0.05) is 12.1 Å². The van der Waals surface area contributed by atoms with E-state index in [1.54, 1.807) is 0 Å². The Balaban J connectivity index is 2.86. The maximum atomic E-state index is 11.9. The number of carboxylic acid groups (broad SMARTS) is 1. The lowest BCUT2D eigenvalue weighted by atomic mass is 10.0. The molecule has 0 spiro atoms. The number of hydrogen-bond acceptors (Lipinski definition) is 2. The van der Waals surface area contributed by atoms with Gasteiger partial charge >= 0.3 is 5.97 Å². The van der Waals surface area contributed by atoms with Crippen molar-refractivity contribution in [3.8, 4) is 0 Å². The number of para-hydroxylation sites is 1. The van der Waals surface area contributed by atoms with Crippen LogP contribution in [0.25, 0.3) is 0 Å². The predicted molar refractivity (Wildman–Crippen MR) is 75.2 cm³/mol. The van der Waals surface area contributed by atoms with Gasteiger partial charge in [0.15, 0.2) is 0 Å². The van der Waals surface area contributed by atoms with Crippen LogP contribution in [0.3, 0.4) is 0 Å². The minimum Gasteiger partial charge on any atom is -0.481 e. The first-order valence-corrected chi connectivity index (χ1v) is 6.63. The van der Waals surface area contributed by atoms with E-state index in [2.05, 4.69) is 5.32 Å². The lowest BCUT2D eigenvalue weighted by molar-refractivity contribution is -0.142. The molecule has 0 aliphatic rings. The summed E-state index contributed by atoms with van der Waals surface area (Å²) in [6, 6.07) is 5.94. The normalized spacial score (nSPS) is 11.9. The molecule has 0 fully saturated rings. The summed E-state index contributed by atoms with van der Waals surface area (Å²) < 4.78 is 0. The van der Waals surface area contributed by atoms with Gasteiger partial charge in [-0.3, -0.25) is 9.59 Å². The molecule has 0 saturated heterocycles. The number of carboxylic acids is 1. The Kier molecular flexibility index (Phi) is 5.55. The number of benzene rings is 1. The van der Waals surface area contributed by atoms with Gasteiger partial charge in [-0.05, 0) is 24.0 Å². The highest BCUT2D eigenvalue weighted by atomic mass is 16.4. The van der Waals surface area contributed by atoms with Crippen molar-refractivity contribution < 1.29 is 14.7 Å². The van der Waals surface area contributed by atoms with Crippen molar-refractivity contribution in [2.24, 2.45) is 5.92 Å². The zero-order valence-electron chi connectivity index (χ0n) is 11.7. The number of nitrogens with one attached hydrogen (secondary N) is 1. The molecule has 1 aromatic carbocycles. The van der Waals surface area contributed by atoms with Crippen LogP contribution in [-0.4, -0.2) is 17.0 Å². The third-order valence-corrected chi connectivity index (χ3v) is 3.18. The fourth-order valence-corrected chi connectivity index (χ4v) is 1.96. The molecule has 0 bridgehead atoms. The highest BCUT2D eigenvalue weighted by Crippen LogP contribution is 2.23. The molecule has 0 aliphatic heterocycles. The van der Waals surface area contributed by atoms with Crippen molar-refractivity contribution in [3.05, 3.63) is 29.3 Å². The van der Waals surface area contributed by atoms with Crippen LogP contribution in [0.2, 0.25) is 0 Å². The van der Waals surface area contributed by atoms with Crippen LogP contribution in [0.5, 0.6) is 0 Å². The van der Waals surface area contributed by atoms with E-state index >= 15 is 0 Å². The molecule has 0 aliphatic carbocycles. The highest BCUT2D eigenvalue weighted by Gasteiger charge is 2.17. The van der Waals surface area contributed by atoms with Crippen molar-refractivity contribution >= 4 is 17.6 Å². The van der Waals surface area contributed by atoms with E-state index < -0.39 is 11.9 Å². The average molecular weight is 263 g/mol. The van der Waals surface area contributed by atoms with Crippen molar-refractivity contribution in [1.82, 2.24) is 0 Å². The van der Waals surface area contributed by atoms with E-state index in [4.69, 9.17) is 5.11 Å². The minimum atomic E-state index is -0.949. The lowest BCUT2D eigenvalue weighted by Crippen LogP contribution is -2.21. The van der Waals surface area contributed by atoms with E-state index in [0.717, 1.165) is 29.7 Å². The number of aryl methyl sites for hydroxylation is 2. The molecule has 0 aromatic heterocycles. The van der Waals surface area contributed by atoms with Crippen LogP contribution in [0.4, 0.5) is 5.69 Å². The number of anilines is 1. The quantitative estimate of drug-likeness (QED) is 0.829. The fraction of sp³-hybridized carbons (Fsp3) is 0.467. The molecule has 0 saturated carbocycles. The van der Waals surface area contributed by atoms with Gasteiger partial charge in [0.2, 0.25) is 5.91 Å². The number of rotatable bonds is 6. The number of hydrogen-bond donors (Lipinski definition) is 2. The van der Waals surface area contributed by atoms with E-state index in [1.807, 2.05) is 32.0 Å². The van der Waals surface area contributed by atoms with E-state index in [0.29, 0.717) is 0 Å². The molecule has 0 heterocycles. The van der Waals surface area contributed by atoms with Crippen LogP contribution in [-0.2, 0) is 22.4 Å². The second-order valence-corrected chi connectivity index (χ2v) is 4.65. The Bertz CT molecular complexity index is 446. The van der Waals surface area contributed by atoms with Gasteiger partial charge in [-0.15, -0.1) is 0 Å². The molecule has 104 valence electrons. The van der Waals surface area contributed by atoms with Gasteiger partial charge in [-0.25, -0.2) is 0 Å². The molecular weight excluding hydrogens is 242 g/mol. The van der Waals surface area contributed by atoms with Gasteiger partial charge < -0.3 is 10.4 Å². The molecule has 1 aromatic rings. The van der Waals surface area contributed by atoms with Crippen LogP contribution in [0.15, 0.2) is 18.2 Å². The highest BCUT2D eigenvalue weighted by molar-refractivity contribution is 5.94. The summed E-state index contributed by atoms with van der Waals surface area (Å²) in [6.45, 7) is 5.60. The Labute approximate surface area is 113 Å². The molecule has 1 amide bonds. The number of carbonyl (C=O) groups is 2. The van der Waals surface area contributed by atoms with Gasteiger partial charge in [-0.1, -0.05) is 39.0 Å². The van der Waals surface area contributed by atoms with Gasteiger partial charge in [0.05, 0.1) is 5.92 Å². The zero-order valence-corrected chi connectivity index (χ0v) is 11.7. The standard InChI is InChI=1S/C15H21NO3/c1-4-11-7-6-8-12(5-2)14(11)16-13(17)9-10(3)15(18)19/h6-8,10H,4-5,9H2,1-3H3,(H,16,17)(H,18,19). The van der Waals surface area contributed by atoms with E-state index in [-0.39, 0.29) is 12.3 Å². The molecule has 4 nitrogen and oxygen atoms in total. The fourth-order valence-electron chi connectivity index (χ4n) is 1.96. The van der Waals surface area contributed by atoms with Gasteiger partial charge in [-0.2, -0.15) is 0 Å². The third kappa shape index (κ3) is 4.09. The molecule has 19 heavy (non-hydrogen) atoms. The summed E-state index contributed by atoms with van der Waals surface area (Å²) in [7, 11) is 0. The topological polar surface area (TPSA) is 66.4 Å². The Morgan fingerprint density at radius 2 is 1.74 bits per heavy atom. The summed E-state index contributed by atoms with van der Waals surface area (Å²) in [5, 5.41) is 11.7. The van der Waals surface area contributed by atoms with Crippen LogP contribution in [0, 0.1) is 5.92 Å². The van der Waals surface area contributed by atoms with Crippen LogP contribution < -0.4 is 5.32 Å². The van der Waals surface area contributed by atoms with Gasteiger partial charge in [0.25, 0.3) is 0 Å². The SMILES string of the molecule is CCc1cccc(CC)c1NC(=O)CC(C)C(=O)O. The first-order valence-electron chi connectivity index (χ1n) is 6.63. The molecule has 1 unspecified atom stereocenters. The molecular formula is C15H21NO3. The molecule has 4 heteroatoms. The molecule has 1 atom stereocenters. The van der Waals surface area contributed by atoms with Crippen molar-refractivity contribution in [3.63, 3.8) is 0 Å². The molecule has 0 radical (unpaired) electrons. The second kappa shape index (κ2) is 6.92. The predicted octanol–water partition coefficient (Wildman–Crippen LogP) is 2.86. The number of aliphatic carboxylic acids is 1. The second-order valence-electron chi connectivity index (χ2n) is 4.65. The largest absolute Gasteiger partial charge is 0.481 e. The maximum absolute atomic E-state index is 11.9. The van der Waals surface area contributed by atoms with Crippen molar-refractivity contribution in [2.45, 2.75) is 40.0 Å². The minimum absolute atomic E-state index is 0.00344. The maximum Gasteiger partial charge on any atom is 0.306 e. The number of carbonyl (C=O) groups excluding carboxylic acids is 1. The van der Waals surface area contributed by atoms with Crippen LogP contribution >= 0.6 is 0 Å². The summed E-state index contributed by atoms with van der Waals surface area (Å²) >= 11 is 0. The summed E-state index contributed by atoms with van der Waals surface area (Å²) in [5.41, 5.74) is 3.00. The van der Waals surface area contributed by atoms with Crippen LogP contribution in [0.1, 0.15) is 38.3 Å². The monoisotopic (exact) mass is 263 g/mol. The summed E-state index contributed by atoms with van der Waals surface area (Å²) in [6.07, 6.45) is 1.66. The van der Waals surface area contributed by atoms with E-state index in [9.17, 15) is 9.59 Å². The first kappa shape index (κ1) is 15.2. The van der Waals surface area contributed by atoms with Gasteiger partial charge in [0.1, 0.15) is 0 Å². The average Bonchev–Trinajstić information content (AvgIpc) is 2.38. The Morgan fingerprint density at radius 1 is 1.21 bits per heavy atom. The number of amides is 1. The van der Waals surface area contributed by atoms with Crippen molar-refractivity contribution in [2.75, 3.05) is 5.32 Å². The molecule has 1 rings (SSSR count).